The van der Waals surface area contributed by atoms with Crippen molar-refractivity contribution in [1.29, 1.82) is 0 Å². The molecule has 0 aromatic carbocycles. The van der Waals surface area contributed by atoms with Gasteiger partial charge in [-0.05, 0) is 32.6 Å². The maximum Gasteiger partial charge on any atom is 0.331 e. The van der Waals surface area contributed by atoms with Gasteiger partial charge in [0.15, 0.2) is 0 Å². The summed E-state index contributed by atoms with van der Waals surface area (Å²) in [5, 5.41) is 9.21. The van der Waals surface area contributed by atoms with Crippen molar-refractivity contribution in [2.75, 3.05) is 0 Å². The van der Waals surface area contributed by atoms with Crippen molar-refractivity contribution in [3.05, 3.63) is 11.1 Å². The first-order valence-electron chi connectivity index (χ1n) is 9.05. The van der Waals surface area contributed by atoms with Crippen LogP contribution < -0.4 is 0 Å². The minimum Gasteiger partial charge on any atom is -0.478 e. The molecule has 21 heavy (non-hydrogen) atoms. The maximum absolute atomic E-state index is 11.2. The second-order valence-electron chi connectivity index (χ2n) is 6.22. The number of unbranched alkanes of at least 4 members (excludes halogenated alkanes) is 9. The molecular weight excluding hydrogens is 260 g/mol. The average Bonchev–Trinajstić information content (AvgIpc) is 2.47. The van der Waals surface area contributed by atoms with Crippen LogP contribution in [0.3, 0.4) is 0 Å². The van der Waals surface area contributed by atoms with Crippen LogP contribution in [0.25, 0.3) is 0 Å². The fourth-order valence-corrected chi connectivity index (χ4v) is 2.71. The second kappa shape index (κ2) is 14.2. The van der Waals surface area contributed by atoms with Gasteiger partial charge < -0.3 is 5.11 Å². The number of allylic oxidation sites excluding steroid dienone is 1. The number of rotatable bonds is 14. The van der Waals surface area contributed by atoms with E-state index >= 15 is 0 Å². The molecule has 124 valence electrons. The monoisotopic (exact) mass is 296 g/mol. The molecule has 1 N–H and O–H groups in total. The Labute approximate surface area is 132 Å². The van der Waals surface area contributed by atoms with Crippen LogP contribution in [0, 0.1) is 0 Å². The third kappa shape index (κ3) is 11.5. The number of carbonyl (C=O) groups is 1. The van der Waals surface area contributed by atoms with Crippen LogP contribution in [0.15, 0.2) is 11.1 Å². The summed E-state index contributed by atoms with van der Waals surface area (Å²) in [4.78, 5) is 11.2. The van der Waals surface area contributed by atoms with E-state index in [9.17, 15) is 9.90 Å². The molecule has 0 spiro atoms. The van der Waals surface area contributed by atoms with E-state index in [4.69, 9.17) is 0 Å². The molecule has 0 aromatic heterocycles. The van der Waals surface area contributed by atoms with Gasteiger partial charge in [0.1, 0.15) is 0 Å². The molecule has 0 saturated carbocycles. The zero-order valence-corrected chi connectivity index (χ0v) is 14.5. The van der Waals surface area contributed by atoms with Gasteiger partial charge >= 0.3 is 5.97 Å². The largest absolute Gasteiger partial charge is 0.478 e. The molecule has 0 fully saturated rings. The number of hydrogen-bond donors (Lipinski definition) is 1. The predicted octanol–water partition coefficient (Wildman–Crippen LogP) is 6.50. The molecule has 0 saturated heterocycles. The van der Waals surface area contributed by atoms with E-state index in [0.29, 0.717) is 5.57 Å². The highest BCUT2D eigenvalue weighted by Gasteiger charge is 2.09. The number of carboxylic acids is 1. The Morgan fingerprint density at radius 2 is 1.10 bits per heavy atom. The van der Waals surface area contributed by atoms with Crippen molar-refractivity contribution in [3.8, 4) is 0 Å². The van der Waals surface area contributed by atoms with E-state index < -0.39 is 5.97 Å². The number of carboxylic acid groups (broad SMARTS) is 1. The van der Waals surface area contributed by atoms with Gasteiger partial charge in [0.05, 0.1) is 0 Å². The highest BCUT2D eigenvalue weighted by atomic mass is 16.4. The summed E-state index contributed by atoms with van der Waals surface area (Å²) in [6.45, 7) is 6.23. The Morgan fingerprint density at radius 1 is 0.714 bits per heavy atom. The Morgan fingerprint density at radius 3 is 1.48 bits per heavy atom. The lowest BCUT2D eigenvalue weighted by atomic mass is 9.96. The molecule has 0 rings (SSSR count). The van der Waals surface area contributed by atoms with Crippen LogP contribution >= 0.6 is 0 Å². The minimum atomic E-state index is -0.732. The van der Waals surface area contributed by atoms with Crippen LogP contribution in [0.1, 0.15) is 104 Å². The smallest absolute Gasteiger partial charge is 0.331 e. The van der Waals surface area contributed by atoms with Crippen molar-refractivity contribution in [2.45, 2.75) is 104 Å². The van der Waals surface area contributed by atoms with Crippen LogP contribution in [0.5, 0.6) is 0 Å². The Kier molecular flexibility index (Phi) is 13.6. The third-order valence-electron chi connectivity index (χ3n) is 4.27. The van der Waals surface area contributed by atoms with Gasteiger partial charge in [0, 0.05) is 5.57 Å². The SMILES string of the molecule is CCCCCCCCC(CCCCCCC)=C(C)C(=O)O. The Balaban J connectivity index is 4.05. The van der Waals surface area contributed by atoms with Crippen molar-refractivity contribution >= 4 is 5.97 Å². The lowest BCUT2D eigenvalue weighted by Crippen LogP contribution is -2.02. The second-order valence-corrected chi connectivity index (χ2v) is 6.22. The molecule has 0 aromatic rings. The lowest BCUT2D eigenvalue weighted by Gasteiger charge is -2.10. The van der Waals surface area contributed by atoms with Gasteiger partial charge in [-0.15, -0.1) is 0 Å². The molecule has 0 atom stereocenters. The molecule has 2 nitrogen and oxygen atoms in total. The summed E-state index contributed by atoms with van der Waals surface area (Å²) < 4.78 is 0. The van der Waals surface area contributed by atoms with Gasteiger partial charge in [-0.2, -0.15) is 0 Å². The van der Waals surface area contributed by atoms with Gasteiger partial charge in [-0.25, -0.2) is 4.79 Å². The molecule has 0 aliphatic rings. The Bertz CT molecular complexity index is 292. The maximum atomic E-state index is 11.2. The number of aliphatic carboxylic acids is 1. The fraction of sp³-hybridized carbons (Fsp3) is 0.842. The van der Waals surface area contributed by atoms with Gasteiger partial charge in [-0.1, -0.05) is 77.2 Å². The molecule has 0 amide bonds. The van der Waals surface area contributed by atoms with Crippen molar-refractivity contribution in [1.82, 2.24) is 0 Å². The van der Waals surface area contributed by atoms with E-state index in [1.807, 2.05) is 0 Å². The van der Waals surface area contributed by atoms with Crippen LogP contribution in [-0.4, -0.2) is 11.1 Å². The van der Waals surface area contributed by atoms with E-state index in [1.165, 1.54) is 63.4 Å². The zero-order chi connectivity index (χ0) is 15.9. The highest BCUT2D eigenvalue weighted by Crippen LogP contribution is 2.21. The van der Waals surface area contributed by atoms with E-state index in [0.717, 1.165) is 25.7 Å². The van der Waals surface area contributed by atoms with Gasteiger partial charge in [0.2, 0.25) is 0 Å². The first-order valence-corrected chi connectivity index (χ1v) is 9.05. The molecule has 2 heteroatoms. The van der Waals surface area contributed by atoms with E-state index in [-0.39, 0.29) is 0 Å². The molecule has 0 aliphatic carbocycles. The highest BCUT2D eigenvalue weighted by molar-refractivity contribution is 5.86. The first-order chi connectivity index (χ1) is 10.1. The first kappa shape index (κ1) is 20.2. The van der Waals surface area contributed by atoms with Gasteiger partial charge in [-0.3, -0.25) is 0 Å². The quantitative estimate of drug-likeness (QED) is 0.293. The summed E-state index contributed by atoms with van der Waals surface area (Å²) in [6, 6.07) is 0. The summed E-state index contributed by atoms with van der Waals surface area (Å²) in [5.41, 5.74) is 1.79. The predicted molar refractivity (Wildman–Crippen MR) is 91.7 cm³/mol. The standard InChI is InChI=1S/C19H36O2/c1-4-6-8-10-12-14-16-18(17(3)19(20)21)15-13-11-9-7-5-2/h4-16H2,1-3H3,(H,20,21). The van der Waals surface area contributed by atoms with Crippen molar-refractivity contribution < 1.29 is 9.90 Å². The van der Waals surface area contributed by atoms with Crippen LogP contribution in [-0.2, 0) is 4.79 Å². The van der Waals surface area contributed by atoms with Crippen LogP contribution in [0.2, 0.25) is 0 Å². The topological polar surface area (TPSA) is 37.3 Å². The third-order valence-corrected chi connectivity index (χ3v) is 4.27. The molecular formula is C19H36O2. The lowest BCUT2D eigenvalue weighted by molar-refractivity contribution is -0.132. The van der Waals surface area contributed by atoms with E-state index in [2.05, 4.69) is 13.8 Å². The van der Waals surface area contributed by atoms with Gasteiger partial charge in [0.25, 0.3) is 0 Å². The Hall–Kier alpha value is -0.790. The van der Waals surface area contributed by atoms with Crippen LogP contribution in [0.4, 0.5) is 0 Å². The normalized spacial score (nSPS) is 12.3. The molecule has 0 unspecified atom stereocenters. The fourth-order valence-electron chi connectivity index (χ4n) is 2.71. The van der Waals surface area contributed by atoms with Crippen molar-refractivity contribution in [3.63, 3.8) is 0 Å². The summed E-state index contributed by atoms with van der Waals surface area (Å²) in [6.07, 6.45) is 15.8. The molecule has 0 radical (unpaired) electrons. The van der Waals surface area contributed by atoms with E-state index in [1.54, 1.807) is 6.92 Å². The summed E-state index contributed by atoms with van der Waals surface area (Å²) in [7, 11) is 0. The minimum absolute atomic E-state index is 0.596. The molecule has 0 aliphatic heterocycles. The molecule has 0 heterocycles. The summed E-state index contributed by atoms with van der Waals surface area (Å²) >= 11 is 0. The molecule has 0 bridgehead atoms. The average molecular weight is 296 g/mol. The number of hydrogen-bond acceptors (Lipinski definition) is 1. The summed E-state index contributed by atoms with van der Waals surface area (Å²) in [5.74, 6) is -0.732. The van der Waals surface area contributed by atoms with Crippen molar-refractivity contribution in [2.24, 2.45) is 0 Å². The zero-order valence-electron chi connectivity index (χ0n) is 14.5.